The molecule has 41 heavy (non-hydrogen) atoms. The summed E-state index contributed by atoms with van der Waals surface area (Å²) >= 11 is 0. The highest BCUT2D eigenvalue weighted by Gasteiger charge is 2.29. The van der Waals surface area contributed by atoms with Gasteiger partial charge in [-0.25, -0.2) is 0 Å². The fourth-order valence-electron chi connectivity index (χ4n) is 5.66. The normalized spacial score (nSPS) is 16.4. The van der Waals surface area contributed by atoms with Gasteiger partial charge < -0.3 is 9.64 Å². The molecule has 2 aromatic rings. The molecule has 0 radical (unpaired) electrons. The van der Waals surface area contributed by atoms with Crippen LogP contribution in [-0.4, -0.2) is 25.3 Å². The van der Waals surface area contributed by atoms with Gasteiger partial charge in [0, 0.05) is 30.8 Å². The van der Waals surface area contributed by atoms with Crippen LogP contribution in [-0.2, 0) is 17.8 Å². The fourth-order valence-corrected chi connectivity index (χ4v) is 5.66. The van der Waals surface area contributed by atoms with Crippen LogP contribution in [0.1, 0.15) is 116 Å². The quantitative estimate of drug-likeness (QED) is 0.161. The molecule has 0 saturated carbocycles. The number of benzene rings is 2. The van der Waals surface area contributed by atoms with Gasteiger partial charge in [-0.15, -0.1) is 0 Å². The minimum Gasteiger partial charge on any atom is -0.494 e. The molecule has 0 bridgehead atoms. The van der Waals surface area contributed by atoms with E-state index in [-0.39, 0.29) is 11.3 Å². The Morgan fingerprint density at radius 1 is 0.878 bits per heavy atom. The van der Waals surface area contributed by atoms with Gasteiger partial charge in [0.2, 0.25) is 5.91 Å². The second-order valence-corrected chi connectivity index (χ2v) is 12.2. The third-order valence-corrected chi connectivity index (χ3v) is 8.60. The first-order valence-corrected chi connectivity index (χ1v) is 16.2. The maximum Gasteiger partial charge on any atom is 0.224 e. The number of amides is 1. The summed E-state index contributed by atoms with van der Waals surface area (Å²) < 4.78 is 6.02. The van der Waals surface area contributed by atoms with E-state index in [1.807, 2.05) is 29.3 Å². The lowest BCUT2D eigenvalue weighted by Crippen LogP contribution is -2.31. The molecule has 2 aromatic carbocycles. The van der Waals surface area contributed by atoms with Crippen molar-refractivity contribution in [1.29, 1.82) is 0 Å². The number of allylic oxidation sites excluding steroid dienone is 1. The second kappa shape index (κ2) is 17.8. The zero-order valence-corrected chi connectivity index (χ0v) is 26.3. The van der Waals surface area contributed by atoms with Gasteiger partial charge in [0.25, 0.3) is 0 Å². The van der Waals surface area contributed by atoms with Crippen LogP contribution in [0.15, 0.2) is 65.2 Å². The molecular weight excluding hydrogens is 504 g/mol. The Labute approximate surface area is 250 Å². The molecule has 0 aliphatic carbocycles. The number of hydrogen-bond acceptors (Lipinski definition) is 3. The lowest BCUT2D eigenvalue weighted by atomic mass is 9.76. The zero-order chi connectivity index (χ0) is 29.3. The van der Waals surface area contributed by atoms with Crippen LogP contribution in [0.3, 0.4) is 0 Å². The molecule has 0 spiro atoms. The van der Waals surface area contributed by atoms with E-state index < -0.39 is 0 Å². The van der Waals surface area contributed by atoms with Crippen molar-refractivity contribution in [2.75, 3.05) is 18.1 Å². The Kier molecular flexibility index (Phi) is 14.2. The van der Waals surface area contributed by atoms with Gasteiger partial charge >= 0.3 is 0 Å². The Morgan fingerprint density at radius 3 is 2.10 bits per heavy atom. The maximum absolute atomic E-state index is 12.8. The van der Waals surface area contributed by atoms with E-state index >= 15 is 0 Å². The van der Waals surface area contributed by atoms with Crippen LogP contribution in [0.4, 0.5) is 5.69 Å². The molecule has 1 aliphatic rings. The van der Waals surface area contributed by atoms with E-state index in [1.165, 1.54) is 81.8 Å². The number of dihydropyridines is 1. The summed E-state index contributed by atoms with van der Waals surface area (Å²) in [6, 6.07) is 16.5. The Morgan fingerprint density at radius 2 is 1.49 bits per heavy atom. The number of hydrogen-bond donors (Lipinski definition) is 0. The maximum atomic E-state index is 12.8. The Bertz CT molecular complexity index is 1100. The van der Waals surface area contributed by atoms with Crippen molar-refractivity contribution >= 4 is 17.8 Å². The van der Waals surface area contributed by atoms with Crippen LogP contribution < -0.4 is 9.64 Å². The number of nitrogens with zero attached hydrogens (tertiary/aromatic N) is 2. The minimum atomic E-state index is -0.0418. The Hall–Kier alpha value is -2.88. The van der Waals surface area contributed by atoms with Gasteiger partial charge in [0.1, 0.15) is 5.75 Å². The number of anilines is 1. The second-order valence-electron chi connectivity index (χ2n) is 12.2. The van der Waals surface area contributed by atoms with Crippen molar-refractivity contribution < 1.29 is 9.53 Å². The number of carbonyl (C=O) groups is 1. The lowest BCUT2D eigenvalue weighted by molar-refractivity contribution is -0.116. The van der Waals surface area contributed by atoms with E-state index in [4.69, 9.17) is 4.74 Å². The molecule has 1 heterocycles. The number of rotatable bonds is 19. The average Bonchev–Trinajstić information content (AvgIpc) is 2.97. The first-order valence-electron chi connectivity index (χ1n) is 16.2. The number of ether oxygens (including phenoxy) is 1. The van der Waals surface area contributed by atoms with Crippen molar-refractivity contribution in [3.63, 3.8) is 0 Å². The molecule has 1 aliphatic heterocycles. The van der Waals surface area contributed by atoms with Crippen LogP contribution >= 0.6 is 0 Å². The highest BCUT2D eigenvalue weighted by atomic mass is 16.5. The molecule has 224 valence electrons. The smallest absolute Gasteiger partial charge is 0.224 e. The number of aliphatic imine (C=N–C) groups is 1. The SMILES string of the molecule is CCCCCCCCCCCCCCOc1ccc(CN(C(C)=O)c2ccccc2CC2(C)CN=CC=C2C)cc1. The fraction of sp³-hybridized carbons (Fsp3) is 0.568. The number of unbranched alkanes of at least 4 members (excludes halogenated alkanes) is 11. The molecule has 4 nitrogen and oxygen atoms in total. The summed E-state index contributed by atoms with van der Waals surface area (Å²) in [4.78, 5) is 19.2. The van der Waals surface area contributed by atoms with Crippen LogP contribution in [0.2, 0.25) is 0 Å². The topological polar surface area (TPSA) is 41.9 Å². The van der Waals surface area contributed by atoms with E-state index in [0.717, 1.165) is 43.0 Å². The van der Waals surface area contributed by atoms with Crippen molar-refractivity contribution in [3.05, 3.63) is 71.3 Å². The lowest BCUT2D eigenvalue weighted by Gasteiger charge is -2.33. The molecule has 3 rings (SSSR count). The minimum absolute atomic E-state index is 0.0418. The third-order valence-electron chi connectivity index (χ3n) is 8.60. The van der Waals surface area contributed by atoms with Gasteiger partial charge in [-0.1, -0.05) is 120 Å². The van der Waals surface area contributed by atoms with E-state index in [2.05, 4.69) is 62.2 Å². The first kappa shape index (κ1) is 32.6. The third kappa shape index (κ3) is 11.1. The van der Waals surface area contributed by atoms with Crippen molar-refractivity contribution in [2.45, 2.75) is 118 Å². The van der Waals surface area contributed by atoms with Crippen molar-refractivity contribution in [1.82, 2.24) is 0 Å². The van der Waals surface area contributed by atoms with Crippen molar-refractivity contribution in [2.24, 2.45) is 10.4 Å². The van der Waals surface area contributed by atoms with E-state index in [0.29, 0.717) is 6.54 Å². The molecule has 0 fully saturated rings. The van der Waals surface area contributed by atoms with Gasteiger partial charge in [-0.05, 0) is 55.2 Å². The van der Waals surface area contributed by atoms with Gasteiger partial charge in [0.05, 0.1) is 13.2 Å². The van der Waals surface area contributed by atoms with E-state index in [9.17, 15) is 4.79 Å². The molecule has 1 amide bonds. The van der Waals surface area contributed by atoms with Gasteiger partial charge in [-0.2, -0.15) is 0 Å². The predicted molar refractivity (Wildman–Crippen MR) is 175 cm³/mol. The highest BCUT2D eigenvalue weighted by Crippen LogP contribution is 2.36. The summed E-state index contributed by atoms with van der Waals surface area (Å²) in [5, 5.41) is 0. The van der Waals surface area contributed by atoms with Crippen LogP contribution in [0, 0.1) is 5.41 Å². The zero-order valence-electron chi connectivity index (χ0n) is 26.3. The molecule has 0 N–H and O–H groups in total. The number of para-hydroxylation sites is 1. The van der Waals surface area contributed by atoms with Crippen molar-refractivity contribution in [3.8, 4) is 5.75 Å². The molecule has 1 atom stereocenters. The molecular formula is C37H54N2O2. The summed E-state index contributed by atoms with van der Waals surface area (Å²) in [7, 11) is 0. The average molecular weight is 559 g/mol. The van der Waals surface area contributed by atoms with Gasteiger partial charge in [0.15, 0.2) is 0 Å². The van der Waals surface area contributed by atoms with Crippen LogP contribution in [0.5, 0.6) is 5.75 Å². The summed E-state index contributed by atoms with van der Waals surface area (Å²) in [6.45, 7) is 10.4. The highest BCUT2D eigenvalue weighted by molar-refractivity contribution is 5.92. The monoisotopic (exact) mass is 558 g/mol. The Balaban J connectivity index is 1.42. The summed E-state index contributed by atoms with van der Waals surface area (Å²) in [5.74, 6) is 0.948. The first-order chi connectivity index (χ1) is 19.9. The number of carbonyl (C=O) groups excluding carboxylic acids is 1. The molecule has 0 saturated heterocycles. The van der Waals surface area contributed by atoms with Gasteiger partial charge in [-0.3, -0.25) is 9.79 Å². The standard InChI is InChI=1S/C37H54N2O2/c1-5-6-7-8-9-10-11-12-13-14-15-18-27-41-35-23-21-33(22-24-35)29-39(32(3)40)36-20-17-16-19-34(36)28-37(4)30-38-26-25-31(37)2/h16-17,19-26H,5-15,18,27-30H2,1-4H3. The predicted octanol–water partition coefficient (Wildman–Crippen LogP) is 9.90. The summed E-state index contributed by atoms with van der Waals surface area (Å²) in [6.07, 6.45) is 21.0. The van der Waals surface area contributed by atoms with Crippen LogP contribution in [0.25, 0.3) is 0 Å². The molecule has 1 unspecified atom stereocenters. The molecule has 0 aromatic heterocycles. The summed E-state index contributed by atoms with van der Waals surface area (Å²) in [5.41, 5.74) is 4.54. The molecule has 4 heteroatoms. The largest absolute Gasteiger partial charge is 0.494 e. The van der Waals surface area contributed by atoms with E-state index in [1.54, 1.807) is 6.92 Å².